The molecule has 4 heteroatoms. The van der Waals surface area contributed by atoms with Crippen molar-refractivity contribution in [3.05, 3.63) is 0 Å². The normalized spacial score (nSPS) is 25.2. The molecule has 0 spiro atoms. The molecule has 114 valence electrons. The van der Waals surface area contributed by atoms with Crippen molar-refractivity contribution in [3.8, 4) is 0 Å². The van der Waals surface area contributed by atoms with Crippen LogP contribution in [0.5, 0.6) is 0 Å². The lowest BCUT2D eigenvalue weighted by Gasteiger charge is -2.36. The summed E-state index contributed by atoms with van der Waals surface area (Å²) in [5, 5.41) is 0. The predicted molar refractivity (Wildman–Crippen MR) is 78.9 cm³/mol. The molecule has 0 aromatic carbocycles. The van der Waals surface area contributed by atoms with Gasteiger partial charge in [0.25, 0.3) is 0 Å². The first-order valence-corrected chi connectivity index (χ1v) is 8.16. The number of nitrogens with zero attached hydrogens (tertiary/aromatic N) is 1. The summed E-state index contributed by atoms with van der Waals surface area (Å²) in [6.07, 6.45) is 7.73. The molecule has 0 bridgehead atoms. The van der Waals surface area contributed by atoms with Crippen LogP contribution in [0.4, 0.5) is 0 Å². The van der Waals surface area contributed by atoms with E-state index in [0.717, 1.165) is 25.7 Å². The van der Waals surface area contributed by atoms with Crippen LogP contribution in [0.25, 0.3) is 0 Å². The molecule has 4 nitrogen and oxygen atoms in total. The molecule has 2 amide bonds. The van der Waals surface area contributed by atoms with Crippen molar-refractivity contribution >= 4 is 11.8 Å². The summed E-state index contributed by atoms with van der Waals surface area (Å²) in [5.74, 6) is 0.444. The lowest BCUT2D eigenvalue weighted by Crippen LogP contribution is -2.50. The van der Waals surface area contributed by atoms with Crippen molar-refractivity contribution < 1.29 is 9.59 Å². The van der Waals surface area contributed by atoms with Crippen LogP contribution in [0.15, 0.2) is 0 Å². The summed E-state index contributed by atoms with van der Waals surface area (Å²) < 4.78 is 0. The molecular weight excluding hydrogens is 252 g/mol. The summed E-state index contributed by atoms with van der Waals surface area (Å²) in [4.78, 5) is 26.7. The van der Waals surface area contributed by atoms with Crippen LogP contribution in [0.1, 0.15) is 65.2 Å². The van der Waals surface area contributed by atoms with E-state index in [4.69, 9.17) is 5.73 Å². The Hall–Kier alpha value is -0.900. The minimum Gasteiger partial charge on any atom is -0.328 e. The molecule has 2 rings (SSSR count). The van der Waals surface area contributed by atoms with Gasteiger partial charge in [0.1, 0.15) is 0 Å². The monoisotopic (exact) mass is 280 g/mol. The van der Waals surface area contributed by atoms with Crippen molar-refractivity contribution in [2.45, 2.75) is 71.3 Å². The largest absolute Gasteiger partial charge is 0.328 e. The predicted octanol–water partition coefficient (Wildman–Crippen LogP) is 2.46. The second kappa shape index (κ2) is 6.25. The Kier molecular flexibility index (Phi) is 4.84. The third kappa shape index (κ3) is 2.50. The smallest absolute Gasteiger partial charge is 0.236 e. The van der Waals surface area contributed by atoms with Crippen molar-refractivity contribution in [1.82, 2.24) is 4.90 Å². The minimum atomic E-state index is -0.459. The van der Waals surface area contributed by atoms with Gasteiger partial charge in [-0.25, -0.2) is 0 Å². The molecule has 20 heavy (non-hydrogen) atoms. The van der Waals surface area contributed by atoms with Crippen LogP contribution in [-0.4, -0.2) is 29.3 Å². The molecule has 1 aliphatic heterocycles. The number of nitrogens with two attached hydrogens (primary N) is 1. The zero-order valence-electron chi connectivity index (χ0n) is 12.9. The second-order valence-electron chi connectivity index (χ2n) is 6.43. The van der Waals surface area contributed by atoms with Gasteiger partial charge in [0.05, 0.1) is 11.5 Å². The zero-order valence-corrected chi connectivity index (χ0v) is 12.9. The second-order valence-corrected chi connectivity index (χ2v) is 6.43. The molecule has 1 unspecified atom stereocenters. The third-order valence-electron chi connectivity index (χ3n) is 5.55. The van der Waals surface area contributed by atoms with Gasteiger partial charge in [-0.2, -0.15) is 0 Å². The molecule has 0 radical (unpaired) electrons. The van der Waals surface area contributed by atoms with E-state index in [-0.39, 0.29) is 17.9 Å². The molecule has 1 saturated carbocycles. The summed E-state index contributed by atoms with van der Waals surface area (Å²) >= 11 is 0. The summed E-state index contributed by atoms with van der Waals surface area (Å²) in [7, 11) is 0. The highest BCUT2D eigenvalue weighted by molar-refractivity contribution is 6.06. The number of hydrogen-bond donors (Lipinski definition) is 1. The first-order chi connectivity index (χ1) is 9.59. The topological polar surface area (TPSA) is 63.4 Å². The lowest BCUT2D eigenvalue weighted by molar-refractivity contribution is -0.145. The third-order valence-corrected chi connectivity index (χ3v) is 5.55. The van der Waals surface area contributed by atoms with Gasteiger partial charge in [-0.15, -0.1) is 0 Å². The molecule has 1 heterocycles. The molecule has 2 fully saturated rings. The van der Waals surface area contributed by atoms with Crippen molar-refractivity contribution in [1.29, 1.82) is 0 Å². The fourth-order valence-corrected chi connectivity index (χ4v) is 3.98. The van der Waals surface area contributed by atoms with E-state index in [0.29, 0.717) is 18.9 Å². The molecule has 0 aromatic rings. The van der Waals surface area contributed by atoms with Crippen LogP contribution in [0.3, 0.4) is 0 Å². The van der Waals surface area contributed by atoms with Crippen LogP contribution in [-0.2, 0) is 9.59 Å². The van der Waals surface area contributed by atoms with E-state index < -0.39 is 5.41 Å². The fraction of sp³-hybridized carbons (Fsp3) is 0.875. The molecule has 0 aromatic heterocycles. The van der Waals surface area contributed by atoms with Gasteiger partial charge in [0, 0.05) is 13.0 Å². The van der Waals surface area contributed by atoms with Crippen molar-refractivity contribution in [3.63, 3.8) is 0 Å². The molecule has 1 saturated heterocycles. The lowest BCUT2D eigenvalue weighted by atomic mass is 9.80. The standard InChI is InChI=1S/C16H28N2O2/c1-3-16(4-2)10-14(19)18(15(16)20)13(11-17)12-8-6-5-7-9-12/h12-13H,3-11,17H2,1-2H3. The van der Waals surface area contributed by atoms with E-state index >= 15 is 0 Å². The van der Waals surface area contributed by atoms with Crippen molar-refractivity contribution in [2.75, 3.05) is 6.54 Å². The number of amides is 2. The Balaban J connectivity index is 2.21. The van der Waals surface area contributed by atoms with Gasteiger partial charge in [0.15, 0.2) is 0 Å². The van der Waals surface area contributed by atoms with Gasteiger partial charge in [-0.05, 0) is 31.6 Å². The van der Waals surface area contributed by atoms with E-state index in [1.165, 1.54) is 19.3 Å². The van der Waals surface area contributed by atoms with Crippen LogP contribution in [0, 0.1) is 11.3 Å². The van der Waals surface area contributed by atoms with E-state index in [2.05, 4.69) is 0 Å². The van der Waals surface area contributed by atoms with E-state index in [1.54, 1.807) is 4.90 Å². The average Bonchev–Trinajstić information content (AvgIpc) is 2.74. The number of rotatable bonds is 5. The average molecular weight is 280 g/mol. The van der Waals surface area contributed by atoms with Gasteiger partial charge in [0.2, 0.25) is 11.8 Å². The van der Waals surface area contributed by atoms with Crippen molar-refractivity contribution in [2.24, 2.45) is 17.1 Å². The minimum absolute atomic E-state index is 0.000256. The molecule has 1 atom stereocenters. The maximum atomic E-state index is 12.8. The molecule has 2 N–H and O–H groups in total. The molecular formula is C16H28N2O2. The van der Waals surface area contributed by atoms with Gasteiger partial charge in [-0.3, -0.25) is 14.5 Å². The number of carbonyl (C=O) groups is 2. The Morgan fingerprint density at radius 2 is 1.80 bits per heavy atom. The summed E-state index contributed by atoms with van der Waals surface area (Å²) in [5.41, 5.74) is 5.47. The Bertz CT molecular complexity index is 371. The first-order valence-electron chi connectivity index (χ1n) is 8.16. The summed E-state index contributed by atoms with van der Waals surface area (Å²) in [6.45, 7) is 4.43. The van der Waals surface area contributed by atoms with Crippen LogP contribution >= 0.6 is 0 Å². The SMILES string of the molecule is CCC1(CC)CC(=O)N(C(CN)C2CCCCC2)C1=O. The maximum Gasteiger partial charge on any atom is 0.236 e. The number of hydrogen-bond acceptors (Lipinski definition) is 3. The quantitative estimate of drug-likeness (QED) is 0.787. The molecule has 2 aliphatic rings. The Morgan fingerprint density at radius 3 is 2.25 bits per heavy atom. The van der Waals surface area contributed by atoms with Gasteiger partial charge < -0.3 is 5.73 Å². The van der Waals surface area contributed by atoms with Gasteiger partial charge in [-0.1, -0.05) is 33.1 Å². The Labute approximate surface area is 122 Å². The molecule has 1 aliphatic carbocycles. The number of imide groups is 1. The van der Waals surface area contributed by atoms with E-state index in [9.17, 15) is 9.59 Å². The number of likely N-dealkylation sites (tertiary alicyclic amines) is 1. The highest BCUT2D eigenvalue weighted by Gasteiger charge is 2.52. The van der Waals surface area contributed by atoms with Crippen LogP contribution in [0.2, 0.25) is 0 Å². The van der Waals surface area contributed by atoms with E-state index in [1.807, 2.05) is 13.8 Å². The maximum absolute atomic E-state index is 12.8. The highest BCUT2D eigenvalue weighted by Crippen LogP contribution is 2.42. The van der Waals surface area contributed by atoms with Crippen LogP contribution < -0.4 is 5.73 Å². The summed E-state index contributed by atoms with van der Waals surface area (Å²) in [6, 6.07) is -0.0738. The Morgan fingerprint density at radius 1 is 1.20 bits per heavy atom. The first kappa shape index (κ1) is 15.5. The zero-order chi connectivity index (χ0) is 14.8. The fourth-order valence-electron chi connectivity index (χ4n) is 3.98. The number of carbonyl (C=O) groups excluding carboxylic acids is 2. The highest BCUT2D eigenvalue weighted by atomic mass is 16.2. The van der Waals surface area contributed by atoms with Gasteiger partial charge >= 0.3 is 0 Å².